The Morgan fingerprint density at radius 1 is 1.43 bits per heavy atom. The van der Waals surface area contributed by atoms with E-state index in [1.54, 1.807) is 6.20 Å². The Hall–Kier alpha value is -2.41. The van der Waals surface area contributed by atoms with Crippen molar-refractivity contribution in [3.05, 3.63) is 35.7 Å². The molecule has 0 saturated carbocycles. The smallest absolute Gasteiger partial charge is 0.246 e. The van der Waals surface area contributed by atoms with E-state index in [1.807, 2.05) is 44.1 Å². The molecule has 0 spiro atoms. The second kappa shape index (κ2) is 6.36. The average molecular weight is 288 g/mol. The number of nitrogens with two attached hydrogens (primary N) is 1. The molecule has 0 aliphatic heterocycles. The molecule has 1 aromatic carbocycles. The van der Waals surface area contributed by atoms with Crippen molar-refractivity contribution in [1.82, 2.24) is 15.0 Å². The van der Waals surface area contributed by atoms with E-state index in [9.17, 15) is 4.79 Å². The molecule has 0 bridgehead atoms. The van der Waals surface area contributed by atoms with Crippen LogP contribution in [0.2, 0.25) is 0 Å². The maximum Gasteiger partial charge on any atom is 0.246 e. The molecule has 0 saturated heterocycles. The van der Waals surface area contributed by atoms with Crippen molar-refractivity contribution in [2.75, 3.05) is 24.3 Å². The SMILES string of the molecule is Cc1ccc(NC(=O)Cn2cc(CN)nn2)cc1N(C)C. The van der Waals surface area contributed by atoms with Crippen molar-refractivity contribution in [3.63, 3.8) is 0 Å². The van der Waals surface area contributed by atoms with Gasteiger partial charge in [0.1, 0.15) is 6.54 Å². The van der Waals surface area contributed by atoms with Crippen molar-refractivity contribution < 1.29 is 4.79 Å². The second-order valence-corrected chi connectivity index (χ2v) is 5.06. The molecule has 0 unspecified atom stereocenters. The molecule has 1 heterocycles. The number of carbonyl (C=O) groups excluding carboxylic acids is 1. The standard InChI is InChI=1S/C14H20N6O/c1-10-4-5-11(6-13(10)19(2)3)16-14(21)9-20-8-12(7-15)17-18-20/h4-6,8H,7,9,15H2,1-3H3,(H,16,21). The molecule has 0 aliphatic carbocycles. The fourth-order valence-corrected chi connectivity index (χ4v) is 2.03. The minimum Gasteiger partial charge on any atom is -0.377 e. The van der Waals surface area contributed by atoms with Crippen LogP contribution >= 0.6 is 0 Å². The van der Waals surface area contributed by atoms with E-state index in [1.165, 1.54) is 4.68 Å². The lowest BCUT2D eigenvalue weighted by Crippen LogP contribution is -2.19. The maximum atomic E-state index is 12.0. The summed E-state index contributed by atoms with van der Waals surface area (Å²) in [5.41, 5.74) is 9.10. The number of benzene rings is 1. The van der Waals surface area contributed by atoms with E-state index in [4.69, 9.17) is 5.73 Å². The van der Waals surface area contributed by atoms with Gasteiger partial charge < -0.3 is 16.0 Å². The third-order valence-electron chi connectivity index (χ3n) is 3.08. The van der Waals surface area contributed by atoms with Crippen LogP contribution in [0.3, 0.4) is 0 Å². The van der Waals surface area contributed by atoms with Crippen LogP contribution in [-0.4, -0.2) is 35.0 Å². The van der Waals surface area contributed by atoms with Crippen LogP contribution in [0.4, 0.5) is 11.4 Å². The summed E-state index contributed by atoms with van der Waals surface area (Å²) in [6, 6.07) is 5.81. The van der Waals surface area contributed by atoms with Crippen LogP contribution in [0, 0.1) is 6.92 Å². The molecular weight excluding hydrogens is 268 g/mol. The van der Waals surface area contributed by atoms with Gasteiger partial charge in [0.25, 0.3) is 0 Å². The highest BCUT2D eigenvalue weighted by Gasteiger charge is 2.08. The zero-order chi connectivity index (χ0) is 15.4. The van der Waals surface area contributed by atoms with Crippen molar-refractivity contribution in [2.24, 2.45) is 5.73 Å². The quantitative estimate of drug-likeness (QED) is 0.847. The monoisotopic (exact) mass is 288 g/mol. The molecule has 2 rings (SSSR count). The molecule has 21 heavy (non-hydrogen) atoms. The normalized spacial score (nSPS) is 10.5. The molecule has 1 aromatic heterocycles. The van der Waals surface area contributed by atoms with Gasteiger partial charge in [0.15, 0.2) is 0 Å². The maximum absolute atomic E-state index is 12.0. The van der Waals surface area contributed by atoms with Gasteiger partial charge in [-0.25, -0.2) is 4.68 Å². The predicted octanol–water partition coefficient (Wildman–Crippen LogP) is 0.750. The number of nitrogens with zero attached hydrogens (tertiary/aromatic N) is 4. The van der Waals surface area contributed by atoms with E-state index >= 15 is 0 Å². The topological polar surface area (TPSA) is 89.1 Å². The molecule has 0 fully saturated rings. The Morgan fingerprint density at radius 2 is 2.19 bits per heavy atom. The highest BCUT2D eigenvalue weighted by Crippen LogP contribution is 2.22. The highest BCUT2D eigenvalue weighted by molar-refractivity contribution is 5.91. The number of anilines is 2. The van der Waals surface area contributed by atoms with Gasteiger partial charge in [-0.3, -0.25) is 4.79 Å². The Morgan fingerprint density at radius 3 is 2.81 bits per heavy atom. The van der Waals surface area contributed by atoms with Gasteiger partial charge in [-0.15, -0.1) is 5.10 Å². The lowest BCUT2D eigenvalue weighted by molar-refractivity contribution is -0.116. The number of hydrogen-bond acceptors (Lipinski definition) is 5. The van der Waals surface area contributed by atoms with Crippen molar-refractivity contribution in [1.29, 1.82) is 0 Å². The van der Waals surface area contributed by atoms with Gasteiger partial charge >= 0.3 is 0 Å². The molecule has 0 atom stereocenters. The fourth-order valence-electron chi connectivity index (χ4n) is 2.03. The van der Waals surface area contributed by atoms with Gasteiger partial charge in [0.05, 0.1) is 11.9 Å². The molecule has 7 nitrogen and oxygen atoms in total. The van der Waals surface area contributed by atoms with Crippen molar-refractivity contribution in [3.8, 4) is 0 Å². The first-order valence-electron chi connectivity index (χ1n) is 6.66. The number of hydrogen-bond donors (Lipinski definition) is 2. The minimum absolute atomic E-state index is 0.109. The second-order valence-electron chi connectivity index (χ2n) is 5.06. The zero-order valence-corrected chi connectivity index (χ0v) is 12.5. The van der Waals surface area contributed by atoms with Crippen molar-refractivity contribution >= 4 is 17.3 Å². The predicted molar refractivity (Wildman–Crippen MR) is 82.0 cm³/mol. The summed E-state index contributed by atoms with van der Waals surface area (Å²) < 4.78 is 1.47. The number of aryl methyl sites for hydroxylation is 1. The summed E-state index contributed by atoms with van der Waals surface area (Å²) in [7, 11) is 3.94. The summed E-state index contributed by atoms with van der Waals surface area (Å²) in [4.78, 5) is 14.0. The third kappa shape index (κ3) is 3.79. The summed E-state index contributed by atoms with van der Waals surface area (Å²) in [6.45, 7) is 2.45. The molecule has 112 valence electrons. The molecule has 0 aliphatic rings. The number of rotatable bonds is 5. The summed E-state index contributed by atoms with van der Waals surface area (Å²) in [6.07, 6.45) is 1.67. The van der Waals surface area contributed by atoms with Crippen LogP contribution in [-0.2, 0) is 17.9 Å². The molecule has 2 aromatic rings. The minimum atomic E-state index is -0.156. The molecule has 3 N–H and O–H groups in total. The van der Waals surface area contributed by atoms with E-state index in [0.29, 0.717) is 12.2 Å². The Bertz CT molecular complexity index is 634. The van der Waals surface area contributed by atoms with Gasteiger partial charge in [0.2, 0.25) is 5.91 Å². The summed E-state index contributed by atoms with van der Waals surface area (Å²) >= 11 is 0. The first-order chi connectivity index (χ1) is 9.99. The number of nitrogens with one attached hydrogen (secondary N) is 1. The lowest BCUT2D eigenvalue weighted by Gasteiger charge is -2.17. The van der Waals surface area contributed by atoms with E-state index < -0.39 is 0 Å². The fraction of sp³-hybridized carbons (Fsp3) is 0.357. The highest BCUT2D eigenvalue weighted by atomic mass is 16.2. The summed E-state index contributed by atoms with van der Waals surface area (Å²) in [5, 5.41) is 10.5. The number of aromatic nitrogens is 3. The van der Waals surface area contributed by atoms with E-state index in [-0.39, 0.29) is 12.5 Å². The van der Waals surface area contributed by atoms with Crippen LogP contribution in [0.5, 0.6) is 0 Å². The molecule has 7 heteroatoms. The Labute approximate surface area is 123 Å². The first-order valence-corrected chi connectivity index (χ1v) is 6.66. The van der Waals surface area contributed by atoms with Crippen molar-refractivity contribution in [2.45, 2.75) is 20.0 Å². The summed E-state index contributed by atoms with van der Waals surface area (Å²) in [5.74, 6) is -0.156. The first kappa shape index (κ1) is 15.0. The van der Waals surface area contributed by atoms with Gasteiger partial charge in [0, 0.05) is 32.0 Å². The van der Waals surface area contributed by atoms with E-state index in [0.717, 1.165) is 16.9 Å². The van der Waals surface area contributed by atoms with Crippen LogP contribution in [0.25, 0.3) is 0 Å². The van der Waals surface area contributed by atoms with Gasteiger partial charge in [-0.2, -0.15) is 0 Å². The molecule has 0 radical (unpaired) electrons. The largest absolute Gasteiger partial charge is 0.377 e. The van der Waals surface area contributed by atoms with Crippen LogP contribution < -0.4 is 16.0 Å². The van der Waals surface area contributed by atoms with Crippen LogP contribution in [0.1, 0.15) is 11.3 Å². The van der Waals surface area contributed by atoms with Gasteiger partial charge in [-0.1, -0.05) is 11.3 Å². The lowest BCUT2D eigenvalue weighted by atomic mass is 10.1. The average Bonchev–Trinajstić information content (AvgIpc) is 2.88. The number of amides is 1. The van der Waals surface area contributed by atoms with Crippen LogP contribution in [0.15, 0.2) is 24.4 Å². The molecular formula is C14H20N6O. The zero-order valence-electron chi connectivity index (χ0n) is 12.5. The van der Waals surface area contributed by atoms with Gasteiger partial charge in [-0.05, 0) is 24.6 Å². The Balaban J connectivity index is 2.04. The third-order valence-corrected chi connectivity index (χ3v) is 3.08. The Kier molecular flexibility index (Phi) is 4.54. The number of carbonyl (C=O) groups is 1. The van der Waals surface area contributed by atoms with E-state index in [2.05, 4.69) is 15.6 Å². The molecule has 1 amide bonds.